The van der Waals surface area contributed by atoms with Crippen LogP contribution in [0.2, 0.25) is 0 Å². The Balaban J connectivity index is 3.11. The number of ketones is 1. The summed E-state index contributed by atoms with van der Waals surface area (Å²) in [6, 6.07) is -3.53. The van der Waals surface area contributed by atoms with E-state index in [1.165, 1.54) is 13.8 Å². The Bertz CT molecular complexity index is 460. The molecule has 1 saturated heterocycles. The van der Waals surface area contributed by atoms with Crippen LogP contribution < -0.4 is 0 Å². The van der Waals surface area contributed by atoms with Crippen LogP contribution in [0, 0.1) is 0 Å². The van der Waals surface area contributed by atoms with Gasteiger partial charge in [0, 0.05) is 0 Å². The summed E-state index contributed by atoms with van der Waals surface area (Å²) < 4.78 is 4.46. The van der Waals surface area contributed by atoms with Gasteiger partial charge in [0.25, 0.3) is 0 Å². The first-order chi connectivity index (χ1) is 9.76. The van der Waals surface area contributed by atoms with Crippen molar-refractivity contribution >= 4 is 29.6 Å². The number of methoxy groups -OCH3 is 1. The summed E-state index contributed by atoms with van der Waals surface area (Å²) in [5, 5.41) is 8.81. The van der Waals surface area contributed by atoms with Gasteiger partial charge in [-0.05, 0) is 13.8 Å². The predicted molar refractivity (Wildman–Crippen MR) is 66.7 cm³/mol. The zero-order valence-electron chi connectivity index (χ0n) is 11.9. The summed E-state index contributed by atoms with van der Waals surface area (Å²) in [7, 11) is 1.10. The molecule has 1 fully saturated rings. The third-order valence-corrected chi connectivity index (χ3v) is 3.19. The summed E-state index contributed by atoms with van der Waals surface area (Å²) in [5.74, 6) is -3.28. The molecule has 0 aliphatic carbocycles. The highest BCUT2D eigenvalue weighted by Gasteiger charge is 2.45. The SMILES string of the molecule is COC(=O)C(C)N1C(=O)CC(=O)N(C(C)C(=O)CO)C1=O. The maximum atomic E-state index is 12.2. The van der Waals surface area contributed by atoms with Crippen molar-refractivity contribution in [2.45, 2.75) is 32.4 Å². The largest absolute Gasteiger partial charge is 0.467 e. The van der Waals surface area contributed by atoms with Gasteiger partial charge in [-0.1, -0.05) is 0 Å². The van der Waals surface area contributed by atoms with Crippen LogP contribution in [0.4, 0.5) is 4.79 Å². The van der Waals surface area contributed by atoms with E-state index in [2.05, 4.69) is 4.74 Å². The van der Waals surface area contributed by atoms with E-state index in [1.807, 2.05) is 0 Å². The standard InChI is InChI=1S/C12H16N2O7/c1-6(8(16)5-15)13-9(17)4-10(18)14(12(13)20)7(2)11(19)21-3/h6-7,15H,4-5H2,1-3H3. The van der Waals surface area contributed by atoms with E-state index in [0.29, 0.717) is 9.80 Å². The number of amides is 4. The Labute approximate surface area is 120 Å². The molecular weight excluding hydrogens is 284 g/mol. The monoisotopic (exact) mass is 300 g/mol. The lowest BCUT2D eigenvalue weighted by atomic mass is 10.1. The van der Waals surface area contributed by atoms with Gasteiger partial charge in [0.15, 0.2) is 5.78 Å². The predicted octanol–water partition coefficient (Wildman–Crippen LogP) is -1.32. The molecule has 2 unspecified atom stereocenters. The van der Waals surface area contributed by atoms with Crippen LogP contribution in [-0.4, -0.2) is 70.3 Å². The van der Waals surface area contributed by atoms with Gasteiger partial charge in [0.1, 0.15) is 19.1 Å². The van der Waals surface area contributed by atoms with Gasteiger partial charge in [-0.3, -0.25) is 19.3 Å². The smallest absolute Gasteiger partial charge is 0.334 e. The fraction of sp³-hybridized carbons (Fsp3) is 0.583. The van der Waals surface area contributed by atoms with E-state index >= 15 is 0 Å². The highest BCUT2D eigenvalue weighted by atomic mass is 16.5. The minimum Gasteiger partial charge on any atom is -0.467 e. The normalized spacial score (nSPS) is 18.6. The number of barbiturate groups is 1. The third-order valence-electron chi connectivity index (χ3n) is 3.19. The van der Waals surface area contributed by atoms with Crippen molar-refractivity contribution in [3.63, 3.8) is 0 Å². The Kier molecular flexibility index (Phi) is 5.14. The molecule has 116 valence electrons. The van der Waals surface area contributed by atoms with Gasteiger partial charge < -0.3 is 9.84 Å². The number of urea groups is 1. The van der Waals surface area contributed by atoms with Crippen LogP contribution in [0.5, 0.6) is 0 Å². The molecule has 2 atom stereocenters. The van der Waals surface area contributed by atoms with E-state index in [0.717, 1.165) is 7.11 Å². The molecule has 1 heterocycles. The quantitative estimate of drug-likeness (QED) is 0.493. The molecule has 21 heavy (non-hydrogen) atoms. The van der Waals surface area contributed by atoms with Gasteiger partial charge in [0.05, 0.1) is 13.2 Å². The van der Waals surface area contributed by atoms with E-state index in [-0.39, 0.29) is 0 Å². The van der Waals surface area contributed by atoms with Crippen molar-refractivity contribution in [2.75, 3.05) is 13.7 Å². The number of hydrogen-bond acceptors (Lipinski definition) is 7. The molecule has 0 radical (unpaired) electrons. The van der Waals surface area contributed by atoms with Crippen LogP contribution >= 0.6 is 0 Å². The van der Waals surface area contributed by atoms with Crippen molar-refractivity contribution in [3.8, 4) is 0 Å². The Morgan fingerprint density at radius 3 is 2.05 bits per heavy atom. The molecule has 1 N–H and O–H groups in total. The number of ether oxygens (including phenoxy) is 1. The van der Waals surface area contributed by atoms with Crippen LogP contribution in [0.1, 0.15) is 20.3 Å². The van der Waals surface area contributed by atoms with E-state index < -0.39 is 54.7 Å². The van der Waals surface area contributed by atoms with Crippen molar-refractivity contribution in [2.24, 2.45) is 0 Å². The average Bonchev–Trinajstić information content (AvgIpc) is 2.44. The number of hydrogen-bond donors (Lipinski definition) is 1. The summed E-state index contributed by atoms with van der Waals surface area (Å²) in [5.41, 5.74) is 0. The van der Waals surface area contributed by atoms with Crippen molar-refractivity contribution in [1.82, 2.24) is 9.80 Å². The first kappa shape index (κ1) is 16.8. The second-order valence-corrected chi connectivity index (χ2v) is 4.49. The number of esters is 1. The van der Waals surface area contributed by atoms with Gasteiger partial charge in [-0.15, -0.1) is 0 Å². The molecule has 1 aliphatic heterocycles. The second kappa shape index (κ2) is 6.44. The third kappa shape index (κ3) is 3.07. The number of rotatable bonds is 5. The number of imide groups is 2. The first-order valence-corrected chi connectivity index (χ1v) is 6.15. The number of carbonyl (C=O) groups is 5. The fourth-order valence-electron chi connectivity index (χ4n) is 1.94. The molecule has 1 aliphatic rings. The van der Waals surface area contributed by atoms with Gasteiger partial charge in [0.2, 0.25) is 11.8 Å². The maximum absolute atomic E-state index is 12.2. The van der Waals surface area contributed by atoms with Crippen LogP contribution in [0.15, 0.2) is 0 Å². The molecule has 9 nitrogen and oxygen atoms in total. The topological polar surface area (TPSA) is 121 Å². The average molecular weight is 300 g/mol. The van der Waals surface area contributed by atoms with Crippen LogP contribution in [0.3, 0.4) is 0 Å². The molecule has 0 aromatic rings. The van der Waals surface area contributed by atoms with Crippen LogP contribution in [0.25, 0.3) is 0 Å². The molecule has 1 rings (SSSR count). The maximum Gasteiger partial charge on any atom is 0.334 e. The molecule has 0 spiro atoms. The number of aliphatic hydroxyl groups excluding tert-OH is 1. The van der Waals surface area contributed by atoms with Gasteiger partial charge in [-0.25, -0.2) is 14.5 Å². The highest BCUT2D eigenvalue weighted by Crippen LogP contribution is 2.19. The molecule has 0 saturated carbocycles. The lowest BCUT2D eigenvalue weighted by molar-refractivity contribution is -0.155. The summed E-state index contributed by atoms with van der Waals surface area (Å²) >= 11 is 0. The van der Waals surface area contributed by atoms with E-state index in [1.54, 1.807) is 0 Å². The Hall–Kier alpha value is -2.29. The molecule has 0 aromatic carbocycles. The highest BCUT2D eigenvalue weighted by molar-refractivity contribution is 6.16. The fourth-order valence-corrected chi connectivity index (χ4v) is 1.94. The lowest BCUT2D eigenvalue weighted by Gasteiger charge is -2.37. The number of nitrogens with zero attached hydrogens (tertiary/aromatic N) is 2. The van der Waals surface area contributed by atoms with Crippen molar-refractivity contribution in [3.05, 3.63) is 0 Å². The Morgan fingerprint density at radius 1 is 1.14 bits per heavy atom. The lowest BCUT2D eigenvalue weighted by Crippen LogP contribution is -2.62. The van der Waals surface area contributed by atoms with Crippen molar-refractivity contribution < 1.29 is 33.8 Å². The summed E-state index contributed by atoms with van der Waals surface area (Å²) in [4.78, 5) is 59.9. The van der Waals surface area contributed by atoms with E-state index in [4.69, 9.17) is 5.11 Å². The molecule has 9 heteroatoms. The second-order valence-electron chi connectivity index (χ2n) is 4.49. The van der Waals surface area contributed by atoms with Crippen LogP contribution in [-0.2, 0) is 23.9 Å². The minimum absolute atomic E-state index is 0.569. The number of carbonyl (C=O) groups excluding carboxylic acids is 5. The zero-order chi connectivity index (χ0) is 16.3. The minimum atomic E-state index is -1.23. The summed E-state index contributed by atoms with van der Waals surface area (Å²) in [6.45, 7) is 1.68. The van der Waals surface area contributed by atoms with Crippen molar-refractivity contribution in [1.29, 1.82) is 0 Å². The molecule has 4 amide bonds. The number of Topliss-reactive ketones (excluding diaryl/α,β-unsaturated/α-hetero) is 1. The molecule has 0 aromatic heterocycles. The first-order valence-electron chi connectivity index (χ1n) is 6.15. The molecular formula is C12H16N2O7. The molecule has 0 bridgehead atoms. The Morgan fingerprint density at radius 2 is 1.62 bits per heavy atom. The van der Waals surface area contributed by atoms with Gasteiger partial charge >= 0.3 is 12.0 Å². The van der Waals surface area contributed by atoms with Gasteiger partial charge in [-0.2, -0.15) is 0 Å². The zero-order valence-corrected chi connectivity index (χ0v) is 11.9. The number of aliphatic hydroxyl groups is 1. The summed E-state index contributed by atoms with van der Waals surface area (Å²) in [6.07, 6.45) is -0.643. The van der Waals surface area contributed by atoms with E-state index in [9.17, 15) is 24.0 Å².